The molecule has 0 unspecified atom stereocenters. The van der Waals surface area contributed by atoms with Crippen molar-refractivity contribution in [3.05, 3.63) is 70.9 Å². The van der Waals surface area contributed by atoms with Crippen LogP contribution >= 0.6 is 11.6 Å². The third kappa shape index (κ3) is 4.81. The van der Waals surface area contributed by atoms with Crippen LogP contribution in [0.2, 0.25) is 5.02 Å². The lowest BCUT2D eigenvalue weighted by molar-refractivity contribution is -0.143. The number of halogens is 2. The number of hydrogen-bond donors (Lipinski definition) is 1. The average molecular weight is 528 g/mol. The van der Waals surface area contributed by atoms with Crippen molar-refractivity contribution in [1.29, 1.82) is 0 Å². The number of nitrogens with one attached hydrogen (secondary N) is 1. The topological polar surface area (TPSA) is 89.9 Å². The lowest BCUT2D eigenvalue weighted by Crippen LogP contribution is -2.47. The molecule has 5 rings (SSSR count). The van der Waals surface area contributed by atoms with Crippen LogP contribution in [0, 0.1) is 0 Å². The fourth-order valence-electron chi connectivity index (χ4n) is 5.02. The Labute approximate surface area is 218 Å². The number of para-hydroxylation sites is 1. The summed E-state index contributed by atoms with van der Waals surface area (Å²) in [5.74, 6) is -0.592. The van der Waals surface area contributed by atoms with E-state index < -0.39 is 36.0 Å². The molecule has 8 nitrogen and oxygen atoms in total. The number of carbonyl (C=O) groups excluding carboxylic acids is 3. The minimum atomic E-state index is -1.54. The Hall–Kier alpha value is -3.43. The molecule has 0 radical (unpaired) electrons. The summed E-state index contributed by atoms with van der Waals surface area (Å²) in [5.41, 5.74) is 1.43. The van der Waals surface area contributed by atoms with Crippen LogP contribution in [0.4, 0.5) is 9.18 Å². The predicted octanol–water partition coefficient (Wildman–Crippen LogP) is 4.43. The van der Waals surface area contributed by atoms with Crippen molar-refractivity contribution in [2.45, 2.75) is 50.4 Å². The van der Waals surface area contributed by atoms with Gasteiger partial charge in [-0.3, -0.25) is 9.59 Å². The van der Waals surface area contributed by atoms with Crippen LogP contribution in [-0.4, -0.2) is 59.4 Å². The second kappa shape index (κ2) is 9.79. The third-order valence-electron chi connectivity index (χ3n) is 7.08. The van der Waals surface area contributed by atoms with Crippen LogP contribution in [0.15, 0.2) is 54.7 Å². The zero-order valence-corrected chi connectivity index (χ0v) is 21.2. The number of Topliss-reactive ketones (excluding diaryl/α,β-unsaturated/α-hetero) is 1. The van der Waals surface area contributed by atoms with Gasteiger partial charge in [-0.1, -0.05) is 41.9 Å². The first-order valence-electron chi connectivity index (χ1n) is 12.0. The number of fused-ring (bicyclic) bond motifs is 1. The van der Waals surface area contributed by atoms with Gasteiger partial charge < -0.3 is 24.3 Å². The Morgan fingerprint density at radius 3 is 2.59 bits per heavy atom. The van der Waals surface area contributed by atoms with Gasteiger partial charge in [0.1, 0.15) is 18.8 Å². The van der Waals surface area contributed by atoms with E-state index in [1.54, 1.807) is 35.0 Å². The quantitative estimate of drug-likeness (QED) is 0.459. The fourth-order valence-corrected chi connectivity index (χ4v) is 5.21. The Morgan fingerprint density at radius 2 is 1.92 bits per heavy atom. The van der Waals surface area contributed by atoms with Crippen molar-refractivity contribution in [3.8, 4) is 0 Å². The molecule has 10 heteroatoms. The Kier molecular flexibility index (Phi) is 6.68. The average Bonchev–Trinajstić information content (AvgIpc) is 3.45. The summed E-state index contributed by atoms with van der Waals surface area (Å²) in [6.45, 7) is 1.02. The van der Waals surface area contributed by atoms with Gasteiger partial charge in [0.15, 0.2) is 5.78 Å². The molecule has 1 saturated carbocycles. The van der Waals surface area contributed by atoms with Crippen LogP contribution in [0.25, 0.3) is 10.9 Å². The van der Waals surface area contributed by atoms with Gasteiger partial charge in [0.05, 0.1) is 12.1 Å². The molecular weight excluding hydrogens is 501 g/mol. The maximum Gasteiger partial charge on any atom is 0.409 e. The number of alkyl carbamates (subject to hydrolysis) is 1. The van der Waals surface area contributed by atoms with Crippen LogP contribution in [0.3, 0.4) is 0 Å². The van der Waals surface area contributed by atoms with Gasteiger partial charge in [-0.15, -0.1) is 0 Å². The summed E-state index contributed by atoms with van der Waals surface area (Å²) in [5, 5.41) is 4.15. The molecule has 1 aliphatic heterocycles. The minimum Gasteiger partial charge on any atom is -0.422 e. The van der Waals surface area contributed by atoms with Crippen LogP contribution in [0.1, 0.15) is 35.7 Å². The molecule has 2 amide bonds. The number of ether oxygens (including phenoxy) is 2. The molecule has 2 aromatic carbocycles. The first kappa shape index (κ1) is 25.2. The van der Waals surface area contributed by atoms with Crippen LogP contribution < -0.4 is 5.32 Å². The summed E-state index contributed by atoms with van der Waals surface area (Å²) in [6, 6.07) is 14.5. The van der Waals surface area contributed by atoms with Crippen molar-refractivity contribution >= 4 is 40.3 Å². The molecule has 1 aliphatic carbocycles. The number of benzene rings is 2. The normalized spacial score (nSPS) is 22.2. The largest absolute Gasteiger partial charge is 0.422 e. The second-order valence-electron chi connectivity index (χ2n) is 9.52. The number of ketones is 1. The van der Waals surface area contributed by atoms with E-state index in [9.17, 15) is 18.8 Å². The molecule has 1 N–H and O–H groups in total. The highest BCUT2D eigenvalue weighted by atomic mass is 35.5. The summed E-state index contributed by atoms with van der Waals surface area (Å²) in [7, 11) is 1.31. The van der Waals surface area contributed by atoms with Gasteiger partial charge in [-0.25, -0.2) is 9.18 Å². The highest BCUT2D eigenvalue weighted by Crippen LogP contribution is 2.46. The molecule has 3 aromatic rings. The SMILES string of the molecule is CO[C@@H]1[C@@H](F)CN(C(=O)Cn2cc(C(C)=O)c3ccccc32)[C@H]1OC(=O)NC1(c2cccc(Cl)c2)CC1. The summed E-state index contributed by atoms with van der Waals surface area (Å²) >= 11 is 6.12. The van der Waals surface area contributed by atoms with Crippen LogP contribution in [0.5, 0.6) is 0 Å². The second-order valence-corrected chi connectivity index (χ2v) is 9.96. The molecule has 1 aromatic heterocycles. The predicted molar refractivity (Wildman–Crippen MR) is 135 cm³/mol. The van der Waals surface area contributed by atoms with Gasteiger partial charge in [-0.2, -0.15) is 0 Å². The smallest absolute Gasteiger partial charge is 0.409 e. The number of amides is 2. The summed E-state index contributed by atoms with van der Waals surface area (Å²) in [4.78, 5) is 39.6. The lowest BCUT2D eigenvalue weighted by Gasteiger charge is -2.28. The van der Waals surface area contributed by atoms with Gasteiger partial charge in [0.25, 0.3) is 0 Å². The van der Waals surface area contributed by atoms with Crippen LogP contribution in [-0.2, 0) is 26.4 Å². The Balaban J connectivity index is 1.34. The highest BCUT2D eigenvalue weighted by molar-refractivity contribution is 6.30. The summed E-state index contributed by atoms with van der Waals surface area (Å²) < 4.78 is 27.4. The number of aromatic nitrogens is 1. The molecule has 37 heavy (non-hydrogen) atoms. The first-order chi connectivity index (χ1) is 17.7. The van der Waals surface area contributed by atoms with E-state index in [-0.39, 0.29) is 18.9 Å². The van der Waals surface area contributed by atoms with Crippen molar-refractivity contribution in [1.82, 2.24) is 14.8 Å². The van der Waals surface area contributed by atoms with Crippen molar-refractivity contribution in [2.75, 3.05) is 13.7 Å². The van der Waals surface area contributed by atoms with E-state index in [0.29, 0.717) is 28.9 Å². The number of likely N-dealkylation sites (tertiary alicyclic amines) is 1. The van der Waals surface area contributed by atoms with E-state index in [0.717, 1.165) is 10.9 Å². The number of carbonyl (C=O) groups is 3. The molecule has 2 aliphatic rings. The van der Waals surface area contributed by atoms with Gasteiger partial charge >= 0.3 is 6.09 Å². The molecule has 0 bridgehead atoms. The first-order valence-corrected chi connectivity index (χ1v) is 12.4. The standard InChI is InChI=1S/C27H27ClFN3O5/c1-16(33)20-13-31(22-9-4-3-8-19(20)22)15-23(34)32-14-21(29)24(36-2)25(32)37-26(35)30-27(10-11-27)17-6-5-7-18(28)12-17/h3-9,12-13,21,24-25H,10-11,14-15H2,1-2H3,(H,30,35)/t21-,24+,25-/m0/s1. The molecule has 2 heterocycles. The summed E-state index contributed by atoms with van der Waals surface area (Å²) in [6.07, 6.45) is -1.68. The molecular formula is C27H27ClFN3O5. The van der Waals surface area contributed by atoms with E-state index in [1.807, 2.05) is 24.3 Å². The minimum absolute atomic E-state index is 0.126. The molecule has 194 valence electrons. The van der Waals surface area contributed by atoms with Gasteiger partial charge in [-0.05, 0) is 43.5 Å². The van der Waals surface area contributed by atoms with Crippen molar-refractivity contribution < 1.29 is 28.2 Å². The number of nitrogens with zero attached hydrogens (tertiary/aromatic N) is 2. The number of alkyl halides is 1. The number of hydrogen-bond acceptors (Lipinski definition) is 5. The van der Waals surface area contributed by atoms with E-state index in [1.165, 1.54) is 18.9 Å². The molecule has 3 atom stereocenters. The Morgan fingerprint density at radius 1 is 1.16 bits per heavy atom. The van der Waals surface area contributed by atoms with E-state index >= 15 is 0 Å². The maximum absolute atomic E-state index is 14.9. The molecule has 1 saturated heterocycles. The van der Waals surface area contributed by atoms with E-state index in [4.69, 9.17) is 21.1 Å². The van der Waals surface area contributed by atoms with Gasteiger partial charge in [0.2, 0.25) is 12.1 Å². The Bertz CT molecular complexity index is 1370. The highest BCUT2D eigenvalue weighted by Gasteiger charge is 2.50. The number of rotatable bonds is 7. The van der Waals surface area contributed by atoms with Gasteiger partial charge in [0, 0.05) is 34.8 Å². The maximum atomic E-state index is 14.9. The lowest BCUT2D eigenvalue weighted by atomic mass is 10.1. The fraction of sp³-hybridized carbons (Fsp3) is 0.370. The van der Waals surface area contributed by atoms with Crippen molar-refractivity contribution in [2.24, 2.45) is 0 Å². The number of methoxy groups -OCH3 is 1. The zero-order chi connectivity index (χ0) is 26.3. The van der Waals surface area contributed by atoms with E-state index in [2.05, 4.69) is 5.32 Å². The third-order valence-corrected chi connectivity index (χ3v) is 7.31. The monoisotopic (exact) mass is 527 g/mol. The zero-order valence-electron chi connectivity index (χ0n) is 20.4. The van der Waals surface area contributed by atoms with Crippen molar-refractivity contribution in [3.63, 3.8) is 0 Å². The molecule has 2 fully saturated rings. The molecule has 0 spiro atoms.